The Labute approximate surface area is 109 Å². The summed E-state index contributed by atoms with van der Waals surface area (Å²) in [5.41, 5.74) is 0.324. The molecule has 1 aromatic heterocycles. The highest BCUT2D eigenvalue weighted by atomic mass is 16.5. The highest BCUT2D eigenvalue weighted by molar-refractivity contribution is 5.98. The van der Waals surface area contributed by atoms with Crippen LogP contribution in [0.4, 0.5) is 0 Å². The molecule has 0 fully saturated rings. The van der Waals surface area contributed by atoms with E-state index in [1.165, 1.54) is 25.1 Å². The molecule has 2 rings (SSSR count). The van der Waals surface area contributed by atoms with Crippen LogP contribution in [0.1, 0.15) is 33.6 Å². The molecule has 0 aliphatic heterocycles. The summed E-state index contributed by atoms with van der Waals surface area (Å²) in [5.74, 6) is -0.483. The minimum absolute atomic E-state index is 0.0256. The monoisotopic (exact) mass is 260 g/mol. The maximum Gasteiger partial charge on any atom is 0.379 e. The van der Waals surface area contributed by atoms with Crippen molar-refractivity contribution in [3.05, 3.63) is 53.5 Å². The smallest absolute Gasteiger partial charge is 0.379 e. The summed E-state index contributed by atoms with van der Waals surface area (Å²) in [4.78, 5) is 23.2. The Morgan fingerprint density at radius 1 is 1.21 bits per heavy atom. The lowest BCUT2D eigenvalue weighted by Crippen LogP contribution is -2.10. The number of hydrogen-bond acceptors (Lipinski definition) is 5. The summed E-state index contributed by atoms with van der Waals surface area (Å²) < 4.78 is 10.2. The Bertz CT molecular complexity index is 612. The third-order valence-corrected chi connectivity index (χ3v) is 2.49. The Morgan fingerprint density at radius 2 is 1.95 bits per heavy atom. The van der Waals surface area contributed by atoms with Gasteiger partial charge in [0.15, 0.2) is 5.78 Å². The summed E-state index contributed by atoms with van der Waals surface area (Å²) in [6.45, 7) is 1.10. The zero-order valence-electron chi connectivity index (χ0n) is 10.3. The summed E-state index contributed by atoms with van der Waals surface area (Å²) in [6.07, 6.45) is 0. The molecule has 5 heteroatoms. The van der Waals surface area contributed by atoms with Crippen LogP contribution in [-0.2, 0) is 6.61 Å². The second-order valence-corrected chi connectivity index (χ2v) is 3.87. The van der Waals surface area contributed by atoms with Crippen LogP contribution >= 0.6 is 0 Å². The summed E-state index contributed by atoms with van der Waals surface area (Å²) in [7, 11) is 0. The molecule has 5 nitrogen and oxygen atoms in total. The van der Waals surface area contributed by atoms with Crippen molar-refractivity contribution in [1.82, 2.24) is 0 Å². The number of carbonyl (C=O) groups excluding carboxylic acids is 2. The highest BCUT2D eigenvalue weighted by Gasteiger charge is 2.16. The lowest BCUT2D eigenvalue weighted by atomic mass is 10.1. The maximum absolute atomic E-state index is 11.8. The maximum atomic E-state index is 11.8. The first-order valence-corrected chi connectivity index (χ1v) is 5.63. The van der Waals surface area contributed by atoms with Crippen molar-refractivity contribution in [1.29, 1.82) is 0 Å². The fourth-order valence-electron chi connectivity index (χ4n) is 1.57. The van der Waals surface area contributed by atoms with Crippen LogP contribution in [-0.4, -0.2) is 16.9 Å². The number of hydrogen-bond donors (Lipinski definition) is 1. The summed E-state index contributed by atoms with van der Waals surface area (Å²) in [5, 5.41) is 8.85. The van der Waals surface area contributed by atoms with Gasteiger partial charge in [-0.25, -0.2) is 4.79 Å². The van der Waals surface area contributed by atoms with Crippen LogP contribution in [0, 0.1) is 0 Å². The lowest BCUT2D eigenvalue weighted by Gasteiger charge is -2.06. The van der Waals surface area contributed by atoms with E-state index in [-0.39, 0.29) is 29.7 Å². The number of furan rings is 1. The number of aliphatic hydroxyl groups is 1. The second kappa shape index (κ2) is 5.49. The fourth-order valence-corrected chi connectivity index (χ4v) is 1.57. The largest absolute Gasteiger partial charge is 0.452 e. The molecular formula is C14H12O5. The van der Waals surface area contributed by atoms with Crippen LogP contribution < -0.4 is 4.74 Å². The van der Waals surface area contributed by atoms with E-state index in [2.05, 4.69) is 0 Å². The third-order valence-electron chi connectivity index (χ3n) is 2.49. The molecule has 0 saturated carbocycles. The minimum Gasteiger partial charge on any atom is -0.452 e. The first kappa shape index (κ1) is 13.0. The van der Waals surface area contributed by atoms with Gasteiger partial charge in [0.2, 0.25) is 5.76 Å². The molecule has 0 spiro atoms. The first-order chi connectivity index (χ1) is 9.11. The average Bonchev–Trinajstić information content (AvgIpc) is 2.88. The molecule has 1 aromatic carbocycles. The number of esters is 1. The number of Topliss-reactive ketones (excluding diaryl/α,β-unsaturated/α-hetero) is 1. The molecule has 0 radical (unpaired) electrons. The molecule has 1 heterocycles. The Hall–Kier alpha value is -2.40. The number of ether oxygens (including phenoxy) is 1. The van der Waals surface area contributed by atoms with Gasteiger partial charge in [0, 0.05) is 0 Å². The molecule has 0 aliphatic carbocycles. The topological polar surface area (TPSA) is 76.7 Å². The van der Waals surface area contributed by atoms with Crippen molar-refractivity contribution in [2.75, 3.05) is 0 Å². The zero-order valence-corrected chi connectivity index (χ0v) is 10.3. The lowest BCUT2D eigenvalue weighted by molar-refractivity contribution is 0.0695. The van der Waals surface area contributed by atoms with E-state index in [0.29, 0.717) is 5.56 Å². The normalized spacial score (nSPS) is 10.2. The molecule has 0 aliphatic rings. The standard InChI is InChI=1S/C14H12O5/c1-9(16)11-4-2-3-5-12(11)19-14(17)13-7-6-10(8-15)18-13/h2-7,15H,8H2,1H3. The first-order valence-electron chi connectivity index (χ1n) is 5.63. The van der Waals surface area contributed by atoms with Crippen LogP contribution in [0.2, 0.25) is 0 Å². The van der Waals surface area contributed by atoms with E-state index < -0.39 is 5.97 Å². The Morgan fingerprint density at radius 3 is 2.58 bits per heavy atom. The molecule has 0 bridgehead atoms. The van der Waals surface area contributed by atoms with E-state index in [4.69, 9.17) is 14.3 Å². The number of carbonyl (C=O) groups is 2. The SMILES string of the molecule is CC(=O)c1ccccc1OC(=O)c1ccc(CO)o1. The number of para-hydroxylation sites is 1. The molecule has 98 valence electrons. The van der Waals surface area contributed by atoms with Gasteiger partial charge in [-0.15, -0.1) is 0 Å². The van der Waals surface area contributed by atoms with Crippen molar-refractivity contribution in [2.45, 2.75) is 13.5 Å². The quantitative estimate of drug-likeness (QED) is 0.518. The molecular weight excluding hydrogens is 248 g/mol. The summed E-state index contributed by atoms with van der Waals surface area (Å²) in [6, 6.07) is 9.34. The molecule has 1 N–H and O–H groups in total. The number of rotatable bonds is 4. The van der Waals surface area contributed by atoms with Crippen molar-refractivity contribution < 1.29 is 23.8 Å². The number of benzene rings is 1. The van der Waals surface area contributed by atoms with Gasteiger partial charge in [0.25, 0.3) is 0 Å². The highest BCUT2D eigenvalue weighted by Crippen LogP contribution is 2.20. The van der Waals surface area contributed by atoms with E-state index in [1.807, 2.05) is 0 Å². The van der Waals surface area contributed by atoms with E-state index >= 15 is 0 Å². The van der Waals surface area contributed by atoms with E-state index in [0.717, 1.165) is 0 Å². The zero-order chi connectivity index (χ0) is 13.8. The van der Waals surface area contributed by atoms with Crippen LogP contribution in [0.5, 0.6) is 5.75 Å². The van der Waals surface area contributed by atoms with E-state index in [9.17, 15) is 9.59 Å². The Kier molecular flexibility index (Phi) is 3.77. The average molecular weight is 260 g/mol. The fraction of sp³-hybridized carbons (Fsp3) is 0.143. The van der Waals surface area contributed by atoms with Crippen LogP contribution in [0.3, 0.4) is 0 Å². The third kappa shape index (κ3) is 2.89. The minimum atomic E-state index is -0.714. The molecule has 0 unspecified atom stereocenters. The van der Waals surface area contributed by atoms with Gasteiger partial charge >= 0.3 is 5.97 Å². The van der Waals surface area contributed by atoms with Gasteiger partial charge < -0.3 is 14.3 Å². The van der Waals surface area contributed by atoms with Crippen molar-refractivity contribution in [2.24, 2.45) is 0 Å². The van der Waals surface area contributed by atoms with Crippen LogP contribution in [0.15, 0.2) is 40.8 Å². The van der Waals surface area contributed by atoms with E-state index in [1.54, 1.807) is 18.2 Å². The van der Waals surface area contributed by atoms with Gasteiger partial charge in [0.1, 0.15) is 18.1 Å². The van der Waals surface area contributed by atoms with Crippen molar-refractivity contribution in [3.8, 4) is 5.75 Å². The molecule has 0 amide bonds. The summed E-state index contributed by atoms with van der Waals surface area (Å²) >= 11 is 0. The van der Waals surface area contributed by atoms with Gasteiger partial charge in [-0.1, -0.05) is 12.1 Å². The predicted octanol–water partition coefficient (Wildman–Crippen LogP) is 2.19. The molecule has 2 aromatic rings. The van der Waals surface area contributed by atoms with Crippen molar-refractivity contribution in [3.63, 3.8) is 0 Å². The van der Waals surface area contributed by atoms with Crippen molar-refractivity contribution >= 4 is 11.8 Å². The Balaban J connectivity index is 2.21. The number of ketones is 1. The van der Waals surface area contributed by atoms with Gasteiger partial charge in [-0.2, -0.15) is 0 Å². The van der Waals surface area contributed by atoms with Gasteiger partial charge in [-0.3, -0.25) is 4.79 Å². The second-order valence-electron chi connectivity index (χ2n) is 3.87. The van der Waals surface area contributed by atoms with Crippen LogP contribution in [0.25, 0.3) is 0 Å². The van der Waals surface area contributed by atoms with Gasteiger partial charge in [-0.05, 0) is 31.2 Å². The molecule has 0 atom stereocenters. The van der Waals surface area contributed by atoms with Gasteiger partial charge in [0.05, 0.1) is 5.56 Å². The molecule has 19 heavy (non-hydrogen) atoms. The number of aliphatic hydroxyl groups excluding tert-OH is 1. The predicted molar refractivity (Wildman–Crippen MR) is 66.0 cm³/mol. The molecule has 0 saturated heterocycles.